The third-order valence-corrected chi connectivity index (χ3v) is 6.05. The topological polar surface area (TPSA) is 46.2 Å². The molecule has 5 heteroatoms. The van der Waals surface area contributed by atoms with Gasteiger partial charge in [0.05, 0.1) is 5.75 Å². The molecule has 0 unspecified atom stereocenters. The van der Waals surface area contributed by atoms with Gasteiger partial charge >= 0.3 is 0 Å². The maximum absolute atomic E-state index is 12.4. The lowest BCUT2D eigenvalue weighted by Gasteiger charge is -2.16. The van der Waals surface area contributed by atoms with Gasteiger partial charge in [-0.15, -0.1) is 0 Å². The van der Waals surface area contributed by atoms with Crippen LogP contribution in [0.15, 0.2) is 42.5 Å². The van der Waals surface area contributed by atoms with Crippen LogP contribution >= 0.6 is 11.6 Å². The SMILES string of the molecule is C[C@H](NS(=O)(=O)Cc1ccccc1Cl)c1ccc2c(c1)CCC2. The van der Waals surface area contributed by atoms with Crippen LogP contribution in [0.2, 0.25) is 5.02 Å². The van der Waals surface area contributed by atoms with E-state index in [9.17, 15) is 8.42 Å². The summed E-state index contributed by atoms with van der Waals surface area (Å²) in [5.41, 5.74) is 4.36. The Hall–Kier alpha value is -1.36. The molecule has 0 heterocycles. The van der Waals surface area contributed by atoms with Gasteiger partial charge in [0.2, 0.25) is 10.0 Å². The first-order valence-corrected chi connectivity index (χ1v) is 9.83. The summed E-state index contributed by atoms with van der Waals surface area (Å²) < 4.78 is 27.6. The minimum absolute atomic E-state index is 0.109. The van der Waals surface area contributed by atoms with Gasteiger partial charge in [-0.25, -0.2) is 13.1 Å². The van der Waals surface area contributed by atoms with Crippen molar-refractivity contribution in [3.8, 4) is 0 Å². The minimum Gasteiger partial charge on any atom is -0.212 e. The number of nitrogens with one attached hydrogen (secondary N) is 1. The van der Waals surface area contributed by atoms with Crippen molar-refractivity contribution in [2.45, 2.75) is 38.0 Å². The van der Waals surface area contributed by atoms with E-state index in [0.29, 0.717) is 10.6 Å². The average Bonchev–Trinajstić information content (AvgIpc) is 2.96. The Morgan fingerprint density at radius 1 is 1.13 bits per heavy atom. The Balaban J connectivity index is 1.74. The van der Waals surface area contributed by atoms with Gasteiger partial charge < -0.3 is 0 Å². The molecule has 1 atom stereocenters. The van der Waals surface area contributed by atoms with Crippen molar-refractivity contribution in [2.75, 3.05) is 0 Å². The quantitative estimate of drug-likeness (QED) is 0.886. The molecule has 1 aliphatic carbocycles. The third kappa shape index (κ3) is 3.94. The summed E-state index contributed by atoms with van der Waals surface area (Å²) in [5, 5.41) is 0.475. The molecule has 0 fully saturated rings. The van der Waals surface area contributed by atoms with Crippen LogP contribution in [0.1, 0.15) is 41.6 Å². The number of sulfonamides is 1. The second-order valence-electron chi connectivity index (χ2n) is 6.07. The summed E-state index contributed by atoms with van der Waals surface area (Å²) in [6.07, 6.45) is 3.40. The van der Waals surface area contributed by atoms with Crippen molar-refractivity contribution >= 4 is 21.6 Å². The molecule has 3 nitrogen and oxygen atoms in total. The number of benzene rings is 2. The lowest BCUT2D eigenvalue weighted by Crippen LogP contribution is -2.28. The van der Waals surface area contributed by atoms with Crippen LogP contribution in [-0.4, -0.2) is 8.42 Å². The molecule has 0 saturated carbocycles. The lowest BCUT2D eigenvalue weighted by molar-refractivity contribution is 0.566. The molecular formula is C18H20ClNO2S. The summed E-state index contributed by atoms with van der Waals surface area (Å²) in [5.74, 6) is -0.109. The van der Waals surface area contributed by atoms with E-state index in [4.69, 9.17) is 11.6 Å². The van der Waals surface area contributed by atoms with Crippen molar-refractivity contribution in [1.82, 2.24) is 4.72 Å². The first kappa shape index (κ1) is 16.5. The van der Waals surface area contributed by atoms with E-state index in [1.165, 1.54) is 17.5 Å². The molecule has 0 bridgehead atoms. The fourth-order valence-corrected chi connectivity index (χ4v) is 4.76. The van der Waals surface area contributed by atoms with Gasteiger partial charge in [-0.1, -0.05) is 48.0 Å². The van der Waals surface area contributed by atoms with Crippen LogP contribution in [-0.2, 0) is 28.6 Å². The van der Waals surface area contributed by atoms with Crippen LogP contribution in [0.3, 0.4) is 0 Å². The Labute approximate surface area is 142 Å². The zero-order valence-corrected chi connectivity index (χ0v) is 14.6. The second kappa shape index (κ2) is 6.63. The normalized spacial score (nSPS) is 15.4. The predicted octanol–water partition coefficient (Wildman–Crippen LogP) is 4.01. The summed E-state index contributed by atoms with van der Waals surface area (Å²) in [4.78, 5) is 0. The predicted molar refractivity (Wildman–Crippen MR) is 94.1 cm³/mol. The van der Waals surface area contributed by atoms with Gasteiger partial charge in [-0.2, -0.15) is 0 Å². The summed E-state index contributed by atoms with van der Waals surface area (Å²) in [7, 11) is -3.45. The molecule has 2 aromatic carbocycles. The summed E-state index contributed by atoms with van der Waals surface area (Å²) >= 11 is 6.06. The van der Waals surface area contributed by atoms with Crippen LogP contribution in [0.5, 0.6) is 0 Å². The van der Waals surface area contributed by atoms with Gasteiger partial charge in [0, 0.05) is 11.1 Å². The molecule has 0 saturated heterocycles. The highest BCUT2D eigenvalue weighted by Gasteiger charge is 2.19. The van der Waals surface area contributed by atoms with Crippen LogP contribution < -0.4 is 4.72 Å². The van der Waals surface area contributed by atoms with Crippen LogP contribution in [0.4, 0.5) is 0 Å². The third-order valence-electron chi connectivity index (χ3n) is 4.28. The van der Waals surface area contributed by atoms with Gasteiger partial charge in [-0.05, 0) is 54.5 Å². The molecule has 1 aliphatic rings. The molecule has 122 valence electrons. The highest BCUT2D eigenvalue weighted by molar-refractivity contribution is 7.88. The molecule has 0 aromatic heterocycles. The number of aryl methyl sites for hydroxylation is 2. The lowest BCUT2D eigenvalue weighted by atomic mass is 10.0. The Morgan fingerprint density at radius 2 is 1.87 bits per heavy atom. The first-order chi connectivity index (χ1) is 10.9. The largest absolute Gasteiger partial charge is 0.216 e. The molecule has 0 aliphatic heterocycles. The van der Waals surface area contributed by atoms with E-state index in [1.807, 2.05) is 13.0 Å². The van der Waals surface area contributed by atoms with Crippen molar-refractivity contribution in [1.29, 1.82) is 0 Å². The highest BCUT2D eigenvalue weighted by Crippen LogP contribution is 2.26. The van der Waals surface area contributed by atoms with Gasteiger partial charge in [0.1, 0.15) is 0 Å². The minimum atomic E-state index is -3.45. The molecule has 0 radical (unpaired) electrons. The van der Waals surface area contributed by atoms with E-state index < -0.39 is 10.0 Å². The number of hydrogen-bond acceptors (Lipinski definition) is 2. The zero-order valence-electron chi connectivity index (χ0n) is 13.0. The second-order valence-corrected chi connectivity index (χ2v) is 8.23. The van der Waals surface area contributed by atoms with Crippen molar-refractivity contribution in [3.63, 3.8) is 0 Å². The van der Waals surface area contributed by atoms with E-state index >= 15 is 0 Å². The summed E-state index contributed by atoms with van der Waals surface area (Å²) in [6, 6.07) is 13.0. The van der Waals surface area contributed by atoms with Crippen LogP contribution in [0, 0.1) is 0 Å². The Kier molecular flexibility index (Phi) is 4.76. The van der Waals surface area contributed by atoms with Gasteiger partial charge in [0.15, 0.2) is 0 Å². The Bertz CT molecular complexity index is 818. The van der Waals surface area contributed by atoms with Crippen molar-refractivity contribution < 1.29 is 8.42 Å². The molecule has 0 spiro atoms. The number of hydrogen-bond donors (Lipinski definition) is 1. The van der Waals surface area contributed by atoms with Gasteiger partial charge in [0.25, 0.3) is 0 Å². The fraction of sp³-hybridized carbons (Fsp3) is 0.333. The standard InChI is InChI=1S/C18H20ClNO2S/c1-13(15-10-9-14-6-4-7-16(14)11-15)20-23(21,22)12-17-5-2-3-8-18(17)19/h2-3,5,8-11,13,20H,4,6-7,12H2,1H3/t13-/m0/s1. The molecule has 3 rings (SSSR count). The smallest absolute Gasteiger partial charge is 0.212 e. The van der Waals surface area contributed by atoms with E-state index in [-0.39, 0.29) is 11.8 Å². The van der Waals surface area contributed by atoms with Crippen molar-refractivity contribution in [3.05, 3.63) is 69.7 Å². The van der Waals surface area contributed by atoms with E-state index in [1.54, 1.807) is 24.3 Å². The molecule has 0 amide bonds. The molecule has 2 aromatic rings. The highest BCUT2D eigenvalue weighted by atomic mass is 35.5. The maximum atomic E-state index is 12.4. The zero-order chi connectivity index (χ0) is 16.4. The van der Waals surface area contributed by atoms with Gasteiger partial charge in [-0.3, -0.25) is 0 Å². The number of halogens is 1. The van der Waals surface area contributed by atoms with E-state index in [0.717, 1.165) is 18.4 Å². The monoisotopic (exact) mass is 349 g/mol. The Morgan fingerprint density at radius 3 is 2.65 bits per heavy atom. The first-order valence-electron chi connectivity index (χ1n) is 7.80. The fourth-order valence-electron chi connectivity index (χ4n) is 3.06. The molecule has 1 N–H and O–H groups in total. The number of fused-ring (bicyclic) bond motifs is 1. The van der Waals surface area contributed by atoms with Crippen LogP contribution in [0.25, 0.3) is 0 Å². The van der Waals surface area contributed by atoms with Crippen molar-refractivity contribution in [2.24, 2.45) is 0 Å². The molecular weight excluding hydrogens is 330 g/mol. The maximum Gasteiger partial charge on any atom is 0.216 e. The van der Waals surface area contributed by atoms with E-state index in [2.05, 4.69) is 16.9 Å². The number of rotatable bonds is 5. The average molecular weight is 350 g/mol. The molecule has 23 heavy (non-hydrogen) atoms. The summed E-state index contributed by atoms with van der Waals surface area (Å²) in [6.45, 7) is 1.88.